The van der Waals surface area contributed by atoms with Crippen LogP contribution in [0.2, 0.25) is 0 Å². The Hall–Kier alpha value is -1.48. The maximum Gasteiger partial charge on any atom is 0.318 e. The number of urea groups is 1. The highest BCUT2D eigenvalue weighted by atomic mass is 19.3. The summed E-state index contributed by atoms with van der Waals surface area (Å²) in [5, 5.41) is 2.19. The van der Waals surface area contributed by atoms with Crippen LogP contribution in [0.15, 0.2) is 0 Å². The minimum atomic E-state index is -3.08. The summed E-state index contributed by atoms with van der Waals surface area (Å²) >= 11 is 0. The number of hydrogen-bond donors (Lipinski definition) is 2. The average Bonchev–Trinajstić information content (AvgIpc) is 2.68. The Labute approximate surface area is 114 Å². The Kier molecular flexibility index (Phi) is 3.05. The highest BCUT2D eigenvalue weighted by Crippen LogP contribution is 2.35. The molecule has 112 valence electrons. The maximum atomic E-state index is 13.7. The predicted octanol–water partition coefficient (Wildman–Crippen LogP) is -0.850. The monoisotopic (exact) mass is 290 g/mol. The molecule has 0 aliphatic carbocycles. The van der Waals surface area contributed by atoms with Crippen LogP contribution in [0.4, 0.5) is 13.6 Å². The maximum absolute atomic E-state index is 13.7. The molecule has 3 heterocycles. The van der Waals surface area contributed by atoms with E-state index in [0.717, 1.165) is 4.90 Å². The van der Waals surface area contributed by atoms with Crippen LogP contribution >= 0.6 is 0 Å². The second-order valence-electron chi connectivity index (χ2n) is 5.56. The van der Waals surface area contributed by atoms with Crippen molar-refractivity contribution in [2.75, 3.05) is 26.7 Å². The zero-order valence-electron chi connectivity index (χ0n) is 10.9. The van der Waals surface area contributed by atoms with Crippen LogP contribution in [0.5, 0.6) is 0 Å². The summed E-state index contributed by atoms with van der Waals surface area (Å²) in [5.74, 6) is -3.78. The molecule has 0 aromatic rings. The van der Waals surface area contributed by atoms with E-state index in [0.29, 0.717) is 13.1 Å². The average molecular weight is 290 g/mol. The van der Waals surface area contributed by atoms with Crippen LogP contribution in [-0.2, 0) is 9.63 Å². The number of fused-ring (bicyclic) bond motifs is 2. The number of halogens is 2. The van der Waals surface area contributed by atoms with Crippen molar-refractivity contribution in [2.24, 2.45) is 0 Å². The minimum absolute atomic E-state index is 0.131. The fraction of sp³-hybridized carbons (Fsp3) is 0.818. The smallest absolute Gasteiger partial charge is 0.318 e. The van der Waals surface area contributed by atoms with Crippen molar-refractivity contribution < 1.29 is 23.2 Å². The number of amides is 3. The molecule has 0 aromatic carbocycles. The number of hydroxylamine groups is 1. The zero-order chi connectivity index (χ0) is 14.5. The Morgan fingerprint density at radius 2 is 2.15 bits per heavy atom. The van der Waals surface area contributed by atoms with E-state index in [4.69, 9.17) is 4.84 Å². The summed E-state index contributed by atoms with van der Waals surface area (Å²) in [6.07, 6.45) is -0.816. The second kappa shape index (κ2) is 4.52. The van der Waals surface area contributed by atoms with Gasteiger partial charge in [0.25, 0.3) is 11.8 Å². The number of piperidine rings is 1. The summed E-state index contributed by atoms with van der Waals surface area (Å²) in [6.45, 7) is 1.19. The lowest BCUT2D eigenvalue weighted by molar-refractivity contribution is -0.158. The van der Waals surface area contributed by atoms with Gasteiger partial charge in [0, 0.05) is 26.1 Å². The van der Waals surface area contributed by atoms with Gasteiger partial charge in [-0.1, -0.05) is 0 Å². The van der Waals surface area contributed by atoms with E-state index in [1.54, 1.807) is 0 Å². The lowest BCUT2D eigenvalue weighted by atomic mass is 9.96. The number of rotatable bonds is 3. The van der Waals surface area contributed by atoms with Gasteiger partial charge in [0.2, 0.25) is 0 Å². The molecule has 3 aliphatic heterocycles. The zero-order valence-corrected chi connectivity index (χ0v) is 10.9. The summed E-state index contributed by atoms with van der Waals surface area (Å²) in [4.78, 5) is 31.8. The number of likely N-dealkylation sites (tertiary alicyclic amines) is 1. The van der Waals surface area contributed by atoms with Crippen LogP contribution in [0, 0.1) is 0 Å². The van der Waals surface area contributed by atoms with Crippen LogP contribution in [-0.4, -0.2) is 72.5 Å². The van der Waals surface area contributed by atoms with Crippen molar-refractivity contribution in [1.29, 1.82) is 0 Å². The summed E-state index contributed by atoms with van der Waals surface area (Å²) in [6, 6.07) is -3.03. The molecule has 2 bridgehead atoms. The molecule has 3 rings (SSSR count). The van der Waals surface area contributed by atoms with Crippen molar-refractivity contribution >= 4 is 11.9 Å². The van der Waals surface area contributed by atoms with Crippen molar-refractivity contribution in [3.05, 3.63) is 0 Å². The molecule has 2 atom stereocenters. The van der Waals surface area contributed by atoms with Gasteiger partial charge in [-0.15, -0.1) is 0 Å². The van der Waals surface area contributed by atoms with Crippen LogP contribution in [0.3, 0.4) is 0 Å². The SMILES string of the molecule is CN1CC(ONC(=O)C2CC(F)(F)C3CN2C(=O)N3)C1. The second-order valence-corrected chi connectivity index (χ2v) is 5.56. The van der Waals surface area contributed by atoms with Gasteiger partial charge in [-0.05, 0) is 7.05 Å². The van der Waals surface area contributed by atoms with E-state index in [1.165, 1.54) is 0 Å². The van der Waals surface area contributed by atoms with Gasteiger partial charge in [0.1, 0.15) is 18.2 Å². The van der Waals surface area contributed by atoms with E-state index in [2.05, 4.69) is 10.8 Å². The highest BCUT2D eigenvalue weighted by Gasteiger charge is 2.56. The summed E-state index contributed by atoms with van der Waals surface area (Å²) < 4.78 is 27.5. The van der Waals surface area contributed by atoms with Gasteiger partial charge in [-0.3, -0.25) is 9.63 Å². The molecule has 0 aromatic heterocycles. The molecule has 9 heteroatoms. The molecule has 0 saturated carbocycles. The van der Waals surface area contributed by atoms with Gasteiger partial charge in [0.05, 0.1) is 0 Å². The number of carbonyl (C=O) groups excluding carboxylic acids is 2. The van der Waals surface area contributed by atoms with Gasteiger partial charge in [-0.25, -0.2) is 19.1 Å². The third-order valence-corrected chi connectivity index (χ3v) is 3.95. The first-order valence-corrected chi connectivity index (χ1v) is 6.46. The van der Waals surface area contributed by atoms with Gasteiger partial charge < -0.3 is 15.1 Å². The summed E-state index contributed by atoms with van der Waals surface area (Å²) in [7, 11) is 1.90. The molecule has 3 fully saturated rings. The quantitative estimate of drug-likeness (QED) is 0.664. The van der Waals surface area contributed by atoms with Gasteiger partial charge in [-0.2, -0.15) is 0 Å². The number of nitrogens with one attached hydrogen (secondary N) is 2. The van der Waals surface area contributed by atoms with Gasteiger partial charge in [0.15, 0.2) is 0 Å². The molecular formula is C11H16F2N4O3. The van der Waals surface area contributed by atoms with Gasteiger partial charge >= 0.3 is 6.03 Å². The molecule has 3 saturated heterocycles. The molecule has 20 heavy (non-hydrogen) atoms. The molecule has 0 spiro atoms. The fourth-order valence-corrected chi connectivity index (χ4v) is 2.74. The minimum Gasteiger partial charge on any atom is -0.327 e. The van der Waals surface area contributed by atoms with Crippen molar-refractivity contribution in [1.82, 2.24) is 20.6 Å². The van der Waals surface area contributed by atoms with E-state index in [1.807, 2.05) is 11.9 Å². The number of nitrogens with zero attached hydrogens (tertiary/aromatic N) is 2. The first-order chi connectivity index (χ1) is 9.37. The topological polar surface area (TPSA) is 73.9 Å². The lowest BCUT2D eigenvalue weighted by Gasteiger charge is -2.37. The Morgan fingerprint density at radius 3 is 2.80 bits per heavy atom. The van der Waals surface area contributed by atoms with Crippen LogP contribution in [0.1, 0.15) is 6.42 Å². The number of alkyl halides is 2. The number of carbonyl (C=O) groups is 2. The van der Waals surface area contributed by atoms with Crippen LogP contribution < -0.4 is 10.8 Å². The highest BCUT2D eigenvalue weighted by molar-refractivity contribution is 5.88. The predicted molar refractivity (Wildman–Crippen MR) is 62.9 cm³/mol. The first-order valence-electron chi connectivity index (χ1n) is 6.46. The molecular weight excluding hydrogens is 274 g/mol. The standard InChI is InChI=1S/C11H16F2N4O3/c1-16-3-6(4-16)20-15-9(18)7-2-11(12,13)8-5-17(7)10(19)14-8/h6-8H,2-5H2,1H3,(H,14,19)(H,15,18). The molecule has 7 nitrogen and oxygen atoms in total. The molecule has 2 N–H and O–H groups in total. The molecule has 3 aliphatic rings. The third kappa shape index (κ3) is 2.20. The largest absolute Gasteiger partial charge is 0.327 e. The Bertz CT molecular complexity index is 441. The molecule has 0 radical (unpaired) electrons. The van der Waals surface area contributed by atoms with Crippen molar-refractivity contribution in [3.63, 3.8) is 0 Å². The molecule has 2 unspecified atom stereocenters. The Balaban J connectivity index is 1.60. The lowest BCUT2D eigenvalue weighted by Crippen LogP contribution is -2.58. The number of hydrogen-bond acceptors (Lipinski definition) is 4. The van der Waals surface area contributed by atoms with Crippen molar-refractivity contribution in [2.45, 2.75) is 30.5 Å². The third-order valence-electron chi connectivity index (χ3n) is 3.95. The number of likely N-dealkylation sites (N-methyl/N-ethyl adjacent to an activating group) is 1. The van der Waals surface area contributed by atoms with Crippen molar-refractivity contribution in [3.8, 4) is 0 Å². The molecule has 3 amide bonds. The van der Waals surface area contributed by atoms with E-state index >= 15 is 0 Å². The van der Waals surface area contributed by atoms with E-state index in [9.17, 15) is 18.4 Å². The van der Waals surface area contributed by atoms with E-state index < -0.39 is 36.4 Å². The first kappa shape index (κ1) is 13.5. The van der Waals surface area contributed by atoms with Crippen LogP contribution in [0.25, 0.3) is 0 Å². The van der Waals surface area contributed by atoms with E-state index in [-0.39, 0.29) is 12.6 Å². The summed E-state index contributed by atoms with van der Waals surface area (Å²) in [5.41, 5.74) is 2.20. The fourth-order valence-electron chi connectivity index (χ4n) is 2.74. The Morgan fingerprint density at radius 1 is 1.45 bits per heavy atom. The normalized spacial score (nSPS) is 32.8.